The molecule has 0 aliphatic heterocycles. The molecule has 0 aliphatic rings. The Morgan fingerprint density at radius 1 is 1.13 bits per heavy atom. The quantitative estimate of drug-likeness (QED) is 0.747. The minimum atomic E-state index is -5.05. The summed E-state index contributed by atoms with van der Waals surface area (Å²) in [6.07, 6.45) is -5.05. The predicted molar refractivity (Wildman–Crippen MR) is 38.3 cm³/mol. The van der Waals surface area contributed by atoms with Crippen molar-refractivity contribution in [1.29, 1.82) is 0 Å². The van der Waals surface area contributed by atoms with Crippen LogP contribution in [0.15, 0.2) is 12.1 Å². The van der Waals surface area contributed by atoms with Crippen LogP contribution in [0.3, 0.4) is 0 Å². The summed E-state index contributed by atoms with van der Waals surface area (Å²) in [5.41, 5.74) is -2.97. The average molecular weight is 226 g/mol. The number of alkyl halides is 3. The van der Waals surface area contributed by atoms with Gasteiger partial charge in [0, 0.05) is 0 Å². The Labute approximate surface area is 79.9 Å². The van der Waals surface area contributed by atoms with Gasteiger partial charge < -0.3 is 5.11 Å². The van der Waals surface area contributed by atoms with Crippen LogP contribution in [0.25, 0.3) is 0 Å². The maximum absolute atomic E-state index is 12.8. The van der Waals surface area contributed by atoms with Crippen LogP contribution < -0.4 is 0 Å². The second-order valence-corrected chi connectivity index (χ2v) is 2.61. The van der Waals surface area contributed by atoms with E-state index in [0.29, 0.717) is 0 Å². The highest BCUT2D eigenvalue weighted by Crippen LogP contribution is 2.32. The highest BCUT2D eigenvalue weighted by molar-refractivity contribution is 5.88. The molecule has 0 fully saturated rings. The van der Waals surface area contributed by atoms with Crippen molar-refractivity contribution in [2.45, 2.75) is 6.18 Å². The Morgan fingerprint density at radius 3 is 2.07 bits per heavy atom. The van der Waals surface area contributed by atoms with Crippen LogP contribution in [-0.4, -0.2) is 11.1 Å². The molecule has 0 saturated carbocycles. The highest BCUT2D eigenvalue weighted by Gasteiger charge is 2.35. The van der Waals surface area contributed by atoms with Crippen LogP contribution in [0.2, 0.25) is 0 Å². The minimum absolute atomic E-state index is 0.000486. The molecule has 0 radical (unpaired) electrons. The summed E-state index contributed by atoms with van der Waals surface area (Å²) in [6, 6.07) is -0.181. The number of rotatable bonds is 1. The summed E-state index contributed by atoms with van der Waals surface area (Å²) in [7, 11) is 0. The van der Waals surface area contributed by atoms with E-state index >= 15 is 0 Å². The number of halogens is 5. The van der Waals surface area contributed by atoms with Crippen LogP contribution in [-0.2, 0) is 6.18 Å². The Kier molecular flexibility index (Phi) is 2.65. The molecule has 2 nitrogen and oxygen atoms in total. The van der Waals surface area contributed by atoms with E-state index < -0.39 is 34.9 Å². The molecule has 0 aromatic heterocycles. The number of hydrogen-bond donors (Lipinski definition) is 1. The topological polar surface area (TPSA) is 37.3 Å². The summed E-state index contributed by atoms with van der Waals surface area (Å²) in [4.78, 5) is 10.2. The van der Waals surface area contributed by atoms with Gasteiger partial charge in [0.2, 0.25) is 0 Å². The van der Waals surface area contributed by atoms with E-state index in [2.05, 4.69) is 0 Å². The van der Waals surface area contributed by atoms with Gasteiger partial charge >= 0.3 is 12.1 Å². The van der Waals surface area contributed by atoms with Crippen molar-refractivity contribution in [3.8, 4) is 0 Å². The number of aromatic carboxylic acids is 1. The van der Waals surface area contributed by atoms with E-state index in [-0.39, 0.29) is 12.1 Å². The zero-order valence-electron chi connectivity index (χ0n) is 6.90. The van der Waals surface area contributed by atoms with E-state index in [1.54, 1.807) is 0 Å². The molecular formula is C8H3F5O2. The lowest BCUT2D eigenvalue weighted by Gasteiger charge is -2.08. The van der Waals surface area contributed by atoms with Gasteiger partial charge in [0.25, 0.3) is 0 Å². The summed E-state index contributed by atoms with van der Waals surface area (Å²) in [5.74, 6) is -5.28. The largest absolute Gasteiger partial charge is 0.478 e. The van der Waals surface area contributed by atoms with Gasteiger partial charge in [-0.25, -0.2) is 13.6 Å². The van der Waals surface area contributed by atoms with Crippen molar-refractivity contribution in [3.63, 3.8) is 0 Å². The van der Waals surface area contributed by atoms with Crippen molar-refractivity contribution >= 4 is 5.97 Å². The molecule has 0 aliphatic carbocycles. The lowest BCUT2D eigenvalue weighted by Crippen LogP contribution is -2.11. The Hall–Kier alpha value is -1.66. The third-order valence-corrected chi connectivity index (χ3v) is 1.59. The molecule has 1 N–H and O–H groups in total. The average Bonchev–Trinajstić information content (AvgIpc) is 2.06. The molecule has 15 heavy (non-hydrogen) atoms. The molecule has 1 aromatic rings. The van der Waals surface area contributed by atoms with Gasteiger partial charge in [0.1, 0.15) is 11.6 Å². The van der Waals surface area contributed by atoms with Crippen molar-refractivity contribution in [1.82, 2.24) is 0 Å². The van der Waals surface area contributed by atoms with Gasteiger partial charge in [-0.1, -0.05) is 0 Å². The molecule has 0 spiro atoms. The number of hydrogen-bond acceptors (Lipinski definition) is 1. The van der Waals surface area contributed by atoms with E-state index in [1.165, 1.54) is 0 Å². The minimum Gasteiger partial charge on any atom is -0.478 e. The molecule has 1 rings (SSSR count). The normalized spacial score (nSPS) is 11.5. The van der Waals surface area contributed by atoms with Gasteiger partial charge in [0.15, 0.2) is 0 Å². The fraction of sp³-hybridized carbons (Fsp3) is 0.125. The van der Waals surface area contributed by atoms with E-state index in [4.69, 9.17) is 5.11 Å². The fourth-order valence-corrected chi connectivity index (χ4v) is 0.928. The maximum Gasteiger partial charge on any atom is 0.419 e. The summed E-state index contributed by atoms with van der Waals surface area (Å²) in [6.45, 7) is 0. The first-order valence-corrected chi connectivity index (χ1v) is 3.53. The van der Waals surface area contributed by atoms with E-state index in [1.807, 2.05) is 0 Å². The molecular weight excluding hydrogens is 223 g/mol. The number of benzene rings is 1. The molecule has 7 heteroatoms. The van der Waals surface area contributed by atoms with E-state index in [0.717, 1.165) is 0 Å². The molecule has 0 unspecified atom stereocenters. The molecule has 0 saturated heterocycles. The van der Waals surface area contributed by atoms with Gasteiger partial charge in [0.05, 0.1) is 11.1 Å². The van der Waals surface area contributed by atoms with Crippen molar-refractivity contribution < 1.29 is 31.9 Å². The maximum atomic E-state index is 12.8. The fourth-order valence-electron chi connectivity index (χ4n) is 0.928. The Bertz CT molecular complexity index is 410. The zero-order valence-corrected chi connectivity index (χ0v) is 6.90. The van der Waals surface area contributed by atoms with Crippen LogP contribution in [0, 0.1) is 11.6 Å². The first-order chi connectivity index (χ1) is 6.73. The molecule has 0 heterocycles. The van der Waals surface area contributed by atoms with Gasteiger partial charge in [-0.05, 0) is 12.1 Å². The summed E-state index contributed by atoms with van der Waals surface area (Å²) < 4.78 is 61.5. The molecule has 0 amide bonds. The summed E-state index contributed by atoms with van der Waals surface area (Å²) >= 11 is 0. The van der Waals surface area contributed by atoms with Gasteiger partial charge in [-0.15, -0.1) is 0 Å². The van der Waals surface area contributed by atoms with Gasteiger partial charge in [-0.3, -0.25) is 0 Å². The third-order valence-electron chi connectivity index (χ3n) is 1.59. The van der Waals surface area contributed by atoms with Crippen LogP contribution in [0.1, 0.15) is 15.9 Å². The number of carbonyl (C=O) groups is 1. The van der Waals surface area contributed by atoms with Crippen LogP contribution in [0.5, 0.6) is 0 Å². The summed E-state index contributed by atoms with van der Waals surface area (Å²) in [5, 5.41) is 8.30. The lowest BCUT2D eigenvalue weighted by molar-refractivity contribution is -0.140. The van der Waals surface area contributed by atoms with Crippen molar-refractivity contribution in [2.24, 2.45) is 0 Å². The second kappa shape index (κ2) is 3.48. The Balaban J connectivity index is 3.39. The Morgan fingerprint density at radius 2 is 1.67 bits per heavy atom. The van der Waals surface area contributed by atoms with Crippen LogP contribution in [0.4, 0.5) is 22.0 Å². The standard InChI is InChI=1S/C8H3F5O2/c9-5-2-4(8(11,12)13)6(10)1-3(5)7(14)15/h1-2H,(H,14,15). The zero-order chi connectivity index (χ0) is 11.8. The molecule has 82 valence electrons. The number of carboxylic acids is 1. The predicted octanol–water partition coefficient (Wildman–Crippen LogP) is 2.68. The lowest BCUT2D eigenvalue weighted by atomic mass is 10.1. The second-order valence-electron chi connectivity index (χ2n) is 2.61. The number of carboxylic acid groups (broad SMARTS) is 1. The smallest absolute Gasteiger partial charge is 0.419 e. The third kappa shape index (κ3) is 2.23. The van der Waals surface area contributed by atoms with Gasteiger partial charge in [-0.2, -0.15) is 13.2 Å². The first-order valence-electron chi connectivity index (χ1n) is 3.53. The monoisotopic (exact) mass is 226 g/mol. The molecule has 0 bridgehead atoms. The molecule has 1 aromatic carbocycles. The SMILES string of the molecule is O=C(O)c1cc(F)c(C(F)(F)F)cc1F. The van der Waals surface area contributed by atoms with Crippen molar-refractivity contribution in [2.75, 3.05) is 0 Å². The highest BCUT2D eigenvalue weighted by atomic mass is 19.4. The first kappa shape index (κ1) is 11.4. The molecule has 0 atom stereocenters. The van der Waals surface area contributed by atoms with Crippen molar-refractivity contribution in [3.05, 3.63) is 34.9 Å². The van der Waals surface area contributed by atoms with Crippen LogP contribution >= 0.6 is 0 Å². The van der Waals surface area contributed by atoms with E-state index in [9.17, 15) is 26.7 Å².